The third kappa shape index (κ3) is 3.74. The molecular weight excluding hydrogens is 282 g/mol. The fourth-order valence-electron chi connectivity index (χ4n) is 1.87. The first-order chi connectivity index (χ1) is 10.8. The quantitative estimate of drug-likeness (QED) is 0.379. The Balaban J connectivity index is 2.37. The molecule has 1 unspecified atom stereocenters. The van der Waals surface area contributed by atoms with Crippen molar-refractivity contribution in [3.05, 3.63) is 60.0 Å². The van der Waals surface area contributed by atoms with Crippen molar-refractivity contribution in [1.82, 2.24) is 9.97 Å². The van der Waals surface area contributed by atoms with Gasteiger partial charge in [-0.2, -0.15) is 4.79 Å². The molecule has 7 nitrogen and oxygen atoms in total. The molecule has 2 rings (SSSR count). The third-order valence-corrected chi connectivity index (χ3v) is 2.84. The molecule has 0 fully saturated rings. The molecule has 0 aliphatic carbocycles. The van der Waals surface area contributed by atoms with Gasteiger partial charge >= 0.3 is 11.7 Å². The minimum Gasteiger partial charge on any atom is -0.457 e. The van der Waals surface area contributed by atoms with E-state index in [1.165, 1.54) is 0 Å². The van der Waals surface area contributed by atoms with Crippen LogP contribution in [0.1, 0.15) is 18.5 Å². The van der Waals surface area contributed by atoms with Crippen LogP contribution in [-0.2, 0) is 9.53 Å². The molecule has 2 aromatic rings. The molecule has 1 N–H and O–H groups in total. The van der Waals surface area contributed by atoms with E-state index >= 15 is 0 Å². The summed E-state index contributed by atoms with van der Waals surface area (Å²) in [5.74, 6) is -0.177. The maximum absolute atomic E-state index is 12.0. The van der Waals surface area contributed by atoms with E-state index in [9.17, 15) is 10.3 Å². The number of carbonyl (C=O) groups is 1. The van der Waals surface area contributed by atoms with Crippen molar-refractivity contribution in [1.29, 1.82) is 0 Å². The molecule has 0 aliphatic heterocycles. The summed E-state index contributed by atoms with van der Waals surface area (Å²) in [7, 11) is 0. The zero-order valence-corrected chi connectivity index (χ0v) is 12.0. The summed E-state index contributed by atoms with van der Waals surface area (Å²) in [6.45, 7) is 1.86. The van der Waals surface area contributed by atoms with E-state index in [1.807, 2.05) is 0 Å². The van der Waals surface area contributed by atoms with E-state index in [0.29, 0.717) is 11.4 Å². The predicted molar refractivity (Wildman–Crippen MR) is 80.1 cm³/mol. The zero-order chi connectivity index (χ0) is 15.8. The minimum atomic E-state index is -0.729. The Hall–Kier alpha value is -3.05. The van der Waals surface area contributed by atoms with Gasteiger partial charge in [-0.1, -0.05) is 12.1 Å². The van der Waals surface area contributed by atoms with Crippen LogP contribution in [0, 0.1) is 0 Å². The highest BCUT2D eigenvalue weighted by atomic mass is 16.5. The van der Waals surface area contributed by atoms with E-state index in [1.54, 1.807) is 55.8 Å². The van der Waals surface area contributed by atoms with Crippen LogP contribution in [0.15, 0.2) is 48.9 Å². The second-order valence-corrected chi connectivity index (χ2v) is 4.28. The smallest absolute Gasteiger partial charge is 0.419 e. The second-order valence-electron chi connectivity index (χ2n) is 4.28. The van der Waals surface area contributed by atoms with Crippen LogP contribution in [-0.4, -0.2) is 33.0 Å². The largest absolute Gasteiger partial charge is 0.457 e. The Bertz CT molecular complexity index is 669. The molecule has 0 radical (unpaired) electrons. The summed E-state index contributed by atoms with van der Waals surface area (Å²) in [5, 5.41) is 3.04. The van der Waals surface area contributed by atoms with Crippen molar-refractivity contribution in [2.24, 2.45) is 0 Å². The van der Waals surface area contributed by atoms with Gasteiger partial charge in [0.1, 0.15) is 5.82 Å². The van der Waals surface area contributed by atoms with Crippen molar-refractivity contribution in [2.45, 2.75) is 13.0 Å². The number of nitrogens with one attached hydrogen (secondary N) is 1. The molecule has 22 heavy (non-hydrogen) atoms. The van der Waals surface area contributed by atoms with E-state index in [0.717, 1.165) is 0 Å². The van der Waals surface area contributed by atoms with Gasteiger partial charge in [0.15, 0.2) is 6.04 Å². The monoisotopic (exact) mass is 297 g/mol. The molecule has 0 amide bonds. The Morgan fingerprint density at radius 3 is 2.82 bits per heavy atom. The number of hydrogen-bond acceptors (Lipinski definition) is 5. The van der Waals surface area contributed by atoms with Gasteiger partial charge in [0.05, 0.1) is 6.61 Å². The van der Waals surface area contributed by atoms with Gasteiger partial charge in [-0.05, 0) is 25.1 Å². The van der Waals surface area contributed by atoms with Crippen molar-refractivity contribution in [3.63, 3.8) is 0 Å². The lowest BCUT2D eigenvalue weighted by Gasteiger charge is -2.14. The first kappa shape index (κ1) is 15.3. The fraction of sp³-hybridized carbons (Fsp3) is 0.200. The Labute approximate surface area is 127 Å². The second kappa shape index (κ2) is 7.66. The predicted octanol–water partition coefficient (Wildman–Crippen LogP) is 1.86. The summed E-state index contributed by atoms with van der Waals surface area (Å²) in [6.07, 6.45) is 4.80. The van der Waals surface area contributed by atoms with Gasteiger partial charge < -0.3 is 15.6 Å². The summed E-state index contributed by atoms with van der Waals surface area (Å²) < 4.78 is 4.92. The van der Waals surface area contributed by atoms with Gasteiger partial charge in [0, 0.05) is 24.2 Å². The summed E-state index contributed by atoms with van der Waals surface area (Å²) >= 11 is 0. The lowest BCUT2D eigenvalue weighted by atomic mass is 10.0. The van der Waals surface area contributed by atoms with Gasteiger partial charge in [-0.3, -0.25) is 4.98 Å². The highest BCUT2D eigenvalue weighted by molar-refractivity contribution is 6.36. The van der Waals surface area contributed by atoms with Crippen molar-refractivity contribution < 1.29 is 14.3 Å². The lowest BCUT2D eigenvalue weighted by molar-refractivity contribution is -0.140. The molecule has 0 saturated carbocycles. The van der Waals surface area contributed by atoms with Crippen LogP contribution in [0.4, 0.5) is 5.82 Å². The number of esters is 1. The standard InChI is InChI=1S/C15H15N5O2/c1-2-22-15(21)14(20-16)13(11-6-5-8-17-10-11)19-12-7-3-4-9-18-12/h3-10,13H,2H2,1H3,(H,18,19). The minimum absolute atomic E-state index is 0.166. The van der Waals surface area contributed by atoms with Crippen LogP contribution in [0.5, 0.6) is 0 Å². The molecule has 1 atom stereocenters. The number of ether oxygens (including phenoxy) is 1. The van der Waals surface area contributed by atoms with Gasteiger partial charge in [0.2, 0.25) is 0 Å². The fourth-order valence-corrected chi connectivity index (χ4v) is 1.87. The van der Waals surface area contributed by atoms with Crippen LogP contribution in [0.2, 0.25) is 0 Å². The maximum atomic E-state index is 12.0. The molecule has 0 aliphatic rings. The first-order valence-corrected chi connectivity index (χ1v) is 6.72. The maximum Gasteiger partial charge on any atom is 0.419 e. The Morgan fingerprint density at radius 2 is 2.23 bits per heavy atom. The molecule has 2 heterocycles. The van der Waals surface area contributed by atoms with Crippen LogP contribution < -0.4 is 5.32 Å². The van der Waals surface area contributed by atoms with E-state index in [2.05, 4.69) is 20.1 Å². The first-order valence-electron chi connectivity index (χ1n) is 6.72. The Kier molecular flexibility index (Phi) is 5.34. The van der Waals surface area contributed by atoms with Crippen LogP contribution in [0.25, 0.3) is 5.53 Å². The van der Waals surface area contributed by atoms with Crippen molar-refractivity contribution in [2.75, 3.05) is 11.9 Å². The molecule has 0 spiro atoms. The molecular formula is C15H15N5O2. The van der Waals surface area contributed by atoms with Gasteiger partial charge in [0.25, 0.3) is 0 Å². The van der Waals surface area contributed by atoms with Crippen molar-refractivity contribution >= 4 is 17.5 Å². The van der Waals surface area contributed by atoms with Crippen LogP contribution >= 0.6 is 0 Å². The number of nitrogens with zero attached hydrogens (tertiary/aromatic N) is 4. The number of carbonyl (C=O) groups excluding carboxylic acids is 1. The van der Waals surface area contributed by atoms with E-state index in [-0.39, 0.29) is 12.3 Å². The van der Waals surface area contributed by atoms with Crippen molar-refractivity contribution in [3.8, 4) is 0 Å². The third-order valence-electron chi connectivity index (χ3n) is 2.84. The number of hydrogen-bond donors (Lipinski definition) is 1. The number of rotatable bonds is 6. The van der Waals surface area contributed by atoms with E-state index in [4.69, 9.17) is 4.74 Å². The average molecular weight is 297 g/mol. The van der Waals surface area contributed by atoms with E-state index < -0.39 is 12.0 Å². The molecule has 2 aromatic heterocycles. The summed E-state index contributed by atoms with van der Waals surface area (Å²) in [6, 6.07) is 8.07. The molecule has 0 aromatic carbocycles. The Morgan fingerprint density at radius 1 is 1.36 bits per heavy atom. The summed E-state index contributed by atoms with van der Waals surface area (Å²) in [4.78, 5) is 23.3. The van der Waals surface area contributed by atoms with Crippen LogP contribution in [0.3, 0.4) is 0 Å². The molecule has 112 valence electrons. The summed E-state index contributed by atoms with van der Waals surface area (Å²) in [5.41, 5.74) is 9.72. The van der Waals surface area contributed by atoms with Gasteiger partial charge in [-0.15, -0.1) is 0 Å². The lowest BCUT2D eigenvalue weighted by Crippen LogP contribution is -2.31. The topological polar surface area (TPSA) is 101 Å². The molecule has 0 bridgehead atoms. The highest BCUT2D eigenvalue weighted by Crippen LogP contribution is 2.19. The average Bonchev–Trinajstić information content (AvgIpc) is 2.56. The number of anilines is 1. The SMILES string of the molecule is CCOC(=O)C(=[N+]=[N-])C(Nc1ccccn1)c1cccnc1. The number of aromatic nitrogens is 2. The number of pyridine rings is 2. The zero-order valence-electron chi connectivity index (χ0n) is 12.0. The molecule has 7 heteroatoms. The highest BCUT2D eigenvalue weighted by Gasteiger charge is 2.34. The normalized spacial score (nSPS) is 11.1. The van der Waals surface area contributed by atoms with Gasteiger partial charge in [-0.25, -0.2) is 9.78 Å². The molecule has 0 saturated heterocycles.